The van der Waals surface area contributed by atoms with E-state index >= 15 is 0 Å². The van der Waals surface area contributed by atoms with Gasteiger partial charge in [0.1, 0.15) is 11.3 Å². The van der Waals surface area contributed by atoms with Crippen molar-refractivity contribution in [1.29, 1.82) is 0 Å². The first-order chi connectivity index (χ1) is 10.0. The van der Waals surface area contributed by atoms with Crippen LogP contribution in [0.15, 0.2) is 36.5 Å². The van der Waals surface area contributed by atoms with E-state index in [-0.39, 0.29) is 6.04 Å². The van der Waals surface area contributed by atoms with Crippen molar-refractivity contribution in [2.75, 3.05) is 13.0 Å². The predicted molar refractivity (Wildman–Crippen MR) is 83.9 cm³/mol. The van der Waals surface area contributed by atoms with Crippen molar-refractivity contribution in [3.8, 4) is 5.75 Å². The summed E-state index contributed by atoms with van der Waals surface area (Å²) in [7, 11) is 1.58. The number of methoxy groups -OCH3 is 1. The van der Waals surface area contributed by atoms with Crippen LogP contribution in [0.2, 0.25) is 0 Å². The lowest BCUT2D eigenvalue weighted by atomic mass is 9.87. The molecule has 0 amide bonds. The van der Waals surface area contributed by atoms with Crippen LogP contribution in [-0.4, -0.2) is 27.9 Å². The minimum absolute atomic E-state index is 0.106. The van der Waals surface area contributed by atoms with Gasteiger partial charge in [-0.25, -0.2) is 0 Å². The molecule has 0 saturated heterocycles. The Kier molecular flexibility index (Phi) is 4.91. The fourth-order valence-corrected chi connectivity index (χ4v) is 2.80. The molecule has 0 aliphatic heterocycles. The molecule has 0 spiro atoms. The Labute approximate surface area is 130 Å². The van der Waals surface area contributed by atoms with Gasteiger partial charge in [0.05, 0.1) is 13.3 Å². The Morgan fingerprint density at radius 1 is 1.33 bits per heavy atom. The van der Waals surface area contributed by atoms with Crippen molar-refractivity contribution in [1.82, 2.24) is 9.78 Å². The highest BCUT2D eigenvalue weighted by Crippen LogP contribution is 2.39. The van der Waals surface area contributed by atoms with Crippen molar-refractivity contribution in [3.63, 3.8) is 0 Å². The van der Waals surface area contributed by atoms with Crippen LogP contribution in [0.4, 0.5) is 0 Å². The van der Waals surface area contributed by atoms with E-state index < -0.39 is 5.60 Å². The smallest absolute Gasteiger partial charge is 0.163 e. The first-order valence-electron chi connectivity index (χ1n) is 7.00. The number of rotatable bonds is 6. The fraction of sp³-hybridized carbons (Fsp3) is 0.438. The maximum Gasteiger partial charge on any atom is 0.163 e. The number of alkyl halides is 1. The summed E-state index contributed by atoms with van der Waals surface area (Å²) in [5.41, 5.74) is 0.202. The van der Waals surface area contributed by atoms with E-state index in [1.54, 1.807) is 18.0 Å². The summed E-state index contributed by atoms with van der Waals surface area (Å²) >= 11 is 5.95. The highest BCUT2D eigenvalue weighted by atomic mass is 35.5. The second-order valence-electron chi connectivity index (χ2n) is 5.27. The lowest BCUT2D eigenvalue weighted by Gasteiger charge is -2.30. The molecule has 0 aliphatic rings. The molecule has 0 aliphatic carbocycles. The average molecular weight is 309 g/mol. The van der Waals surface area contributed by atoms with Crippen molar-refractivity contribution in [2.24, 2.45) is 0 Å². The first kappa shape index (κ1) is 15.9. The Morgan fingerprint density at radius 2 is 2.00 bits per heavy atom. The van der Waals surface area contributed by atoms with Crippen molar-refractivity contribution in [3.05, 3.63) is 47.8 Å². The largest absolute Gasteiger partial charge is 0.493 e. The zero-order valence-corrected chi connectivity index (χ0v) is 13.3. The van der Waals surface area contributed by atoms with E-state index in [0.717, 1.165) is 5.56 Å². The van der Waals surface area contributed by atoms with Crippen LogP contribution in [0.5, 0.6) is 5.75 Å². The highest BCUT2D eigenvalue weighted by Gasteiger charge is 2.38. The molecule has 5 heteroatoms. The lowest BCUT2D eigenvalue weighted by molar-refractivity contribution is 0.0632. The van der Waals surface area contributed by atoms with Crippen LogP contribution >= 0.6 is 11.6 Å². The van der Waals surface area contributed by atoms with Gasteiger partial charge in [0.2, 0.25) is 0 Å². The molecule has 1 atom stereocenters. The number of hydrogen-bond donors (Lipinski definition) is 1. The molecule has 1 aromatic heterocycles. The highest BCUT2D eigenvalue weighted by molar-refractivity contribution is 6.17. The minimum Gasteiger partial charge on any atom is -0.493 e. The van der Waals surface area contributed by atoms with E-state index in [2.05, 4.69) is 5.10 Å². The molecule has 0 fully saturated rings. The predicted octanol–water partition coefficient (Wildman–Crippen LogP) is 3.34. The van der Waals surface area contributed by atoms with E-state index in [9.17, 15) is 5.11 Å². The van der Waals surface area contributed by atoms with Gasteiger partial charge in [0.15, 0.2) is 5.75 Å². The Morgan fingerprint density at radius 3 is 2.52 bits per heavy atom. The summed E-state index contributed by atoms with van der Waals surface area (Å²) in [5.74, 6) is 0.901. The minimum atomic E-state index is -1.23. The van der Waals surface area contributed by atoms with E-state index in [4.69, 9.17) is 16.3 Å². The molecule has 0 bridgehead atoms. The second kappa shape index (κ2) is 6.50. The average Bonchev–Trinajstić information content (AvgIpc) is 2.93. The van der Waals surface area contributed by atoms with Gasteiger partial charge in [-0.15, -0.1) is 11.6 Å². The molecule has 1 heterocycles. The number of benzene rings is 1. The molecule has 0 radical (unpaired) electrons. The standard InChI is InChI=1S/C16H21ClN2O2/c1-12(2)19-15(14(21-3)11-18-19)16(20,9-10-17)13-7-5-4-6-8-13/h4-8,11-12,20H,9-10H2,1-3H3. The van der Waals surface area contributed by atoms with Crippen molar-refractivity contribution in [2.45, 2.75) is 31.9 Å². The third-order valence-electron chi connectivity index (χ3n) is 3.57. The molecule has 21 heavy (non-hydrogen) atoms. The van der Waals surface area contributed by atoms with E-state index in [1.165, 1.54) is 0 Å². The van der Waals surface area contributed by atoms with Crippen molar-refractivity contribution >= 4 is 11.6 Å². The molecule has 2 rings (SSSR count). The summed E-state index contributed by atoms with van der Waals surface area (Å²) < 4.78 is 7.19. The summed E-state index contributed by atoms with van der Waals surface area (Å²) in [5, 5.41) is 15.7. The Bertz CT molecular complexity index is 583. The molecular formula is C16H21ClN2O2. The molecule has 4 nitrogen and oxygen atoms in total. The number of aromatic nitrogens is 2. The molecular weight excluding hydrogens is 288 g/mol. The maximum absolute atomic E-state index is 11.4. The van der Waals surface area contributed by atoms with Crippen LogP contribution < -0.4 is 4.74 Å². The molecule has 1 N–H and O–H groups in total. The van der Waals surface area contributed by atoms with Crippen LogP contribution in [0.25, 0.3) is 0 Å². The molecule has 1 unspecified atom stereocenters. The topological polar surface area (TPSA) is 47.3 Å². The summed E-state index contributed by atoms with van der Waals surface area (Å²) in [6, 6.07) is 9.61. The first-order valence-corrected chi connectivity index (χ1v) is 7.54. The molecule has 0 saturated carbocycles. The third kappa shape index (κ3) is 2.92. The SMILES string of the molecule is COc1cnn(C(C)C)c1C(O)(CCCl)c1ccccc1. The van der Waals surface area contributed by atoms with E-state index in [1.807, 2.05) is 44.2 Å². The van der Waals surface area contributed by atoms with Gasteiger partial charge < -0.3 is 9.84 Å². The van der Waals surface area contributed by atoms with Gasteiger partial charge in [-0.05, 0) is 25.8 Å². The van der Waals surface area contributed by atoms with Crippen LogP contribution in [0, 0.1) is 0 Å². The van der Waals surface area contributed by atoms with Gasteiger partial charge in [-0.2, -0.15) is 5.10 Å². The number of aliphatic hydroxyl groups is 1. The molecule has 1 aromatic carbocycles. The number of hydrogen-bond acceptors (Lipinski definition) is 3. The van der Waals surface area contributed by atoms with Gasteiger partial charge in [-0.1, -0.05) is 30.3 Å². The quantitative estimate of drug-likeness (QED) is 0.833. The van der Waals surface area contributed by atoms with Gasteiger partial charge in [0.25, 0.3) is 0 Å². The van der Waals surface area contributed by atoms with Gasteiger partial charge in [0, 0.05) is 11.9 Å². The van der Waals surface area contributed by atoms with E-state index in [0.29, 0.717) is 23.7 Å². The van der Waals surface area contributed by atoms with Crippen LogP contribution in [-0.2, 0) is 5.60 Å². The third-order valence-corrected chi connectivity index (χ3v) is 3.76. The Hall–Kier alpha value is -1.52. The fourth-order valence-electron chi connectivity index (χ4n) is 2.53. The lowest BCUT2D eigenvalue weighted by Crippen LogP contribution is -2.32. The summed E-state index contributed by atoms with van der Waals surface area (Å²) in [6.45, 7) is 4.03. The number of nitrogens with zero attached hydrogens (tertiary/aromatic N) is 2. The van der Waals surface area contributed by atoms with Crippen LogP contribution in [0.3, 0.4) is 0 Å². The van der Waals surface area contributed by atoms with Crippen LogP contribution in [0.1, 0.15) is 37.6 Å². The van der Waals surface area contributed by atoms with Gasteiger partial charge in [-0.3, -0.25) is 4.68 Å². The number of halogens is 1. The number of ether oxygens (including phenoxy) is 1. The normalized spacial score (nSPS) is 14.2. The summed E-state index contributed by atoms with van der Waals surface area (Å²) in [4.78, 5) is 0. The van der Waals surface area contributed by atoms with Crippen molar-refractivity contribution < 1.29 is 9.84 Å². The second-order valence-corrected chi connectivity index (χ2v) is 5.64. The van der Waals surface area contributed by atoms with Gasteiger partial charge >= 0.3 is 0 Å². The molecule has 2 aromatic rings. The molecule has 114 valence electrons. The maximum atomic E-state index is 11.4. The monoisotopic (exact) mass is 308 g/mol. The Balaban J connectivity index is 2.65. The zero-order valence-electron chi connectivity index (χ0n) is 12.6. The zero-order chi connectivity index (χ0) is 15.5. The summed E-state index contributed by atoms with van der Waals surface area (Å²) in [6.07, 6.45) is 2.02.